The van der Waals surface area contributed by atoms with Gasteiger partial charge in [0.1, 0.15) is 5.75 Å². The Balaban J connectivity index is 1.60. The highest BCUT2D eigenvalue weighted by molar-refractivity contribution is 9.10. The van der Waals surface area contributed by atoms with Gasteiger partial charge in [-0.05, 0) is 57.0 Å². The standard InChI is InChI=1S/C17H25BrN2O2/c1-19-15-5-4-11-20(13-15)17(21)6-2-3-12-22-16-9-7-14(18)8-10-16/h7-10,15,19H,2-6,11-13H2,1H3. The third-order valence-electron chi connectivity index (χ3n) is 4.05. The third kappa shape index (κ3) is 5.61. The summed E-state index contributed by atoms with van der Waals surface area (Å²) in [5.41, 5.74) is 0. The zero-order chi connectivity index (χ0) is 15.8. The molecule has 5 heteroatoms. The molecule has 1 aromatic rings. The number of halogens is 1. The van der Waals surface area contributed by atoms with Crippen LogP contribution < -0.4 is 10.1 Å². The van der Waals surface area contributed by atoms with Crippen molar-refractivity contribution in [1.82, 2.24) is 10.2 Å². The number of carbonyl (C=O) groups excluding carboxylic acids is 1. The molecule has 1 aliphatic heterocycles. The smallest absolute Gasteiger partial charge is 0.222 e. The average molecular weight is 369 g/mol. The number of amides is 1. The zero-order valence-corrected chi connectivity index (χ0v) is 14.8. The van der Waals surface area contributed by atoms with Crippen molar-refractivity contribution < 1.29 is 9.53 Å². The molecule has 1 saturated heterocycles. The van der Waals surface area contributed by atoms with Crippen molar-refractivity contribution in [1.29, 1.82) is 0 Å². The van der Waals surface area contributed by atoms with E-state index < -0.39 is 0 Å². The van der Waals surface area contributed by atoms with Gasteiger partial charge in [0.15, 0.2) is 0 Å². The Labute approximate surface area is 141 Å². The van der Waals surface area contributed by atoms with E-state index in [2.05, 4.69) is 21.2 Å². The first-order chi connectivity index (χ1) is 10.7. The number of nitrogens with one attached hydrogen (secondary N) is 1. The van der Waals surface area contributed by atoms with Gasteiger partial charge < -0.3 is 15.0 Å². The first kappa shape index (κ1) is 17.3. The van der Waals surface area contributed by atoms with E-state index in [1.54, 1.807) is 0 Å². The van der Waals surface area contributed by atoms with Gasteiger partial charge in [0.2, 0.25) is 5.91 Å². The Morgan fingerprint density at radius 1 is 1.36 bits per heavy atom. The Bertz CT molecular complexity index is 464. The number of nitrogens with zero attached hydrogens (tertiary/aromatic N) is 1. The highest BCUT2D eigenvalue weighted by Gasteiger charge is 2.21. The largest absolute Gasteiger partial charge is 0.494 e. The van der Waals surface area contributed by atoms with Crippen LogP contribution in [0.3, 0.4) is 0 Å². The van der Waals surface area contributed by atoms with Crippen LogP contribution in [0, 0.1) is 0 Å². The summed E-state index contributed by atoms with van der Waals surface area (Å²) in [7, 11) is 1.97. The summed E-state index contributed by atoms with van der Waals surface area (Å²) in [6.45, 7) is 2.42. The Morgan fingerprint density at radius 3 is 2.86 bits per heavy atom. The maximum absolute atomic E-state index is 12.2. The second-order valence-electron chi connectivity index (χ2n) is 5.73. The van der Waals surface area contributed by atoms with Crippen molar-refractivity contribution in [2.24, 2.45) is 0 Å². The number of rotatable bonds is 7. The lowest BCUT2D eigenvalue weighted by molar-refractivity contribution is -0.132. The van der Waals surface area contributed by atoms with Crippen LogP contribution >= 0.6 is 15.9 Å². The monoisotopic (exact) mass is 368 g/mol. The Hall–Kier alpha value is -1.07. The van der Waals surface area contributed by atoms with Gasteiger partial charge in [-0.25, -0.2) is 0 Å². The lowest BCUT2D eigenvalue weighted by Crippen LogP contribution is -2.46. The van der Waals surface area contributed by atoms with E-state index in [1.807, 2.05) is 36.2 Å². The fourth-order valence-corrected chi connectivity index (χ4v) is 2.96. The molecule has 1 unspecified atom stereocenters. The predicted molar refractivity (Wildman–Crippen MR) is 92.1 cm³/mol. The summed E-state index contributed by atoms with van der Waals surface area (Å²) < 4.78 is 6.72. The quantitative estimate of drug-likeness (QED) is 0.751. The fraction of sp³-hybridized carbons (Fsp3) is 0.588. The Morgan fingerprint density at radius 2 is 2.14 bits per heavy atom. The van der Waals surface area contributed by atoms with Crippen LogP contribution in [0.1, 0.15) is 32.1 Å². The minimum Gasteiger partial charge on any atom is -0.494 e. The van der Waals surface area contributed by atoms with Crippen molar-refractivity contribution in [2.45, 2.75) is 38.1 Å². The van der Waals surface area contributed by atoms with Crippen molar-refractivity contribution in [3.8, 4) is 5.75 Å². The van der Waals surface area contributed by atoms with Crippen LogP contribution in [0.2, 0.25) is 0 Å². The number of piperidine rings is 1. The molecule has 1 aliphatic rings. The molecule has 0 saturated carbocycles. The number of unbranched alkanes of at least 4 members (excludes halogenated alkanes) is 1. The van der Waals surface area contributed by atoms with Gasteiger partial charge in [0, 0.05) is 30.0 Å². The van der Waals surface area contributed by atoms with E-state index in [-0.39, 0.29) is 5.91 Å². The van der Waals surface area contributed by atoms with E-state index in [9.17, 15) is 4.79 Å². The molecule has 0 aliphatic carbocycles. The molecule has 22 heavy (non-hydrogen) atoms. The zero-order valence-electron chi connectivity index (χ0n) is 13.2. The highest BCUT2D eigenvalue weighted by Crippen LogP contribution is 2.17. The number of hydrogen-bond donors (Lipinski definition) is 1. The molecule has 4 nitrogen and oxygen atoms in total. The molecule has 0 radical (unpaired) electrons. The van der Waals surface area contributed by atoms with Gasteiger partial charge in [0.25, 0.3) is 0 Å². The topological polar surface area (TPSA) is 41.6 Å². The fourth-order valence-electron chi connectivity index (χ4n) is 2.70. The lowest BCUT2D eigenvalue weighted by atomic mass is 10.1. The molecule has 0 spiro atoms. The number of ether oxygens (including phenoxy) is 1. The normalized spacial score (nSPS) is 18.3. The van der Waals surface area contributed by atoms with Gasteiger partial charge in [-0.1, -0.05) is 15.9 Å². The van der Waals surface area contributed by atoms with Crippen molar-refractivity contribution in [3.63, 3.8) is 0 Å². The van der Waals surface area contributed by atoms with Crippen molar-refractivity contribution >= 4 is 21.8 Å². The van der Waals surface area contributed by atoms with E-state index >= 15 is 0 Å². The van der Waals surface area contributed by atoms with Crippen LogP contribution in [-0.4, -0.2) is 43.6 Å². The Kier molecular flexibility index (Phi) is 7.19. The highest BCUT2D eigenvalue weighted by atomic mass is 79.9. The summed E-state index contributed by atoms with van der Waals surface area (Å²) in [6.07, 6.45) is 4.69. The molecule has 1 fully saturated rings. The van der Waals surface area contributed by atoms with Crippen LogP contribution in [0.15, 0.2) is 28.7 Å². The summed E-state index contributed by atoms with van der Waals surface area (Å²) in [5.74, 6) is 1.16. The van der Waals surface area contributed by atoms with Crippen molar-refractivity contribution in [3.05, 3.63) is 28.7 Å². The van der Waals surface area contributed by atoms with Crippen LogP contribution in [0.5, 0.6) is 5.75 Å². The maximum Gasteiger partial charge on any atom is 0.222 e. The minimum atomic E-state index is 0.281. The summed E-state index contributed by atoms with van der Waals surface area (Å²) >= 11 is 3.40. The number of carbonyl (C=O) groups is 1. The second-order valence-corrected chi connectivity index (χ2v) is 6.64. The first-order valence-corrected chi connectivity index (χ1v) is 8.82. The average Bonchev–Trinajstić information content (AvgIpc) is 2.56. The van der Waals surface area contributed by atoms with E-state index in [1.165, 1.54) is 6.42 Å². The maximum atomic E-state index is 12.2. The van der Waals surface area contributed by atoms with E-state index in [4.69, 9.17) is 4.74 Å². The van der Waals surface area contributed by atoms with Gasteiger partial charge in [0.05, 0.1) is 6.61 Å². The molecular formula is C17H25BrN2O2. The van der Waals surface area contributed by atoms with Gasteiger partial charge in [-0.3, -0.25) is 4.79 Å². The van der Waals surface area contributed by atoms with Crippen LogP contribution in [0.4, 0.5) is 0 Å². The summed E-state index contributed by atoms with van der Waals surface area (Å²) in [4.78, 5) is 14.2. The molecule has 0 bridgehead atoms. The molecule has 1 amide bonds. The van der Waals surface area contributed by atoms with Gasteiger partial charge >= 0.3 is 0 Å². The molecule has 1 heterocycles. The number of likely N-dealkylation sites (N-methyl/N-ethyl adjacent to an activating group) is 1. The lowest BCUT2D eigenvalue weighted by Gasteiger charge is -2.32. The number of benzene rings is 1. The number of likely N-dealkylation sites (tertiary alicyclic amines) is 1. The predicted octanol–water partition coefficient (Wildman–Crippen LogP) is 3.21. The van der Waals surface area contributed by atoms with Gasteiger partial charge in [-0.2, -0.15) is 0 Å². The second kappa shape index (κ2) is 9.16. The molecule has 0 aromatic heterocycles. The molecule has 1 atom stereocenters. The minimum absolute atomic E-state index is 0.281. The van der Waals surface area contributed by atoms with Crippen molar-refractivity contribution in [2.75, 3.05) is 26.7 Å². The molecule has 2 rings (SSSR count). The molecular weight excluding hydrogens is 344 g/mol. The molecule has 1 N–H and O–H groups in total. The van der Waals surface area contributed by atoms with Crippen LogP contribution in [-0.2, 0) is 4.79 Å². The molecule has 1 aromatic carbocycles. The number of hydrogen-bond acceptors (Lipinski definition) is 3. The van der Waals surface area contributed by atoms with Crippen LogP contribution in [0.25, 0.3) is 0 Å². The summed E-state index contributed by atoms with van der Waals surface area (Å²) in [6, 6.07) is 8.28. The first-order valence-electron chi connectivity index (χ1n) is 8.02. The third-order valence-corrected chi connectivity index (χ3v) is 4.58. The van der Waals surface area contributed by atoms with E-state index in [0.29, 0.717) is 19.1 Å². The van der Waals surface area contributed by atoms with E-state index in [0.717, 1.165) is 42.6 Å². The molecule has 122 valence electrons. The summed E-state index contributed by atoms with van der Waals surface area (Å²) in [5, 5.41) is 3.27. The van der Waals surface area contributed by atoms with Gasteiger partial charge in [-0.15, -0.1) is 0 Å². The SMILES string of the molecule is CNC1CCCN(C(=O)CCCCOc2ccc(Br)cc2)C1.